The van der Waals surface area contributed by atoms with Crippen LogP contribution in [0.15, 0.2) is 0 Å². The minimum atomic E-state index is -1.11. The van der Waals surface area contributed by atoms with Gasteiger partial charge in [-0.1, -0.05) is 6.92 Å². The van der Waals surface area contributed by atoms with Crippen molar-refractivity contribution in [1.29, 1.82) is 0 Å². The predicted molar refractivity (Wildman–Crippen MR) is 78.1 cm³/mol. The highest BCUT2D eigenvalue weighted by atomic mass is 16.6. The molecule has 1 fully saturated rings. The van der Waals surface area contributed by atoms with E-state index in [2.05, 4.69) is 5.32 Å². The zero-order valence-corrected chi connectivity index (χ0v) is 13.4. The van der Waals surface area contributed by atoms with Gasteiger partial charge in [0.15, 0.2) is 0 Å². The van der Waals surface area contributed by atoms with Gasteiger partial charge in [0.05, 0.1) is 6.61 Å². The molecule has 1 aliphatic rings. The summed E-state index contributed by atoms with van der Waals surface area (Å²) in [5.41, 5.74) is -1.71. The third-order valence-electron chi connectivity index (χ3n) is 3.53. The molecule has 0 aromatic heterocycles. The number of carboxylic acids is 1. The Labute approximate surface area is 126 Å². The van der Waals surface area contributed by atoms with E-state index in [0.717, 1.165) is 12.8 Å². The fourth-order valence-electron chi connectivity index (χ4n) is 1.83. The molecule has 0 aliphatic heterocycles. The van der Waals surface area contributed by atoms with Gasteiger partial charge in [-0.15, -0.1) is 0 Å². The third-order valence-corrected chi connectivity index (χ3v) is 3.53. The van der Waals surface area contributed by atoms with Gasteiger partial charge in [-0.3, -0.25) is 4.79 Å². The van der Waals surface area contributed by atoms with Crippen LogP contribution in [0.3, 0.4) is 0 Å². The second-order valence-corrected chi connectivity index (χ2v) is 6.75. The molecule has 21 heavy (non-hydrogen) atoms. The van der Waals surface area contributed by atoms with Crippen LogP contribution in [0.25, 0.3) is 0 Å². The van der Waals surface area contributed by atoms with Gasteiger partial charge in [0.1, 0.15) is 11.0 Å². The Morgan fingerprint density at radius 1 is 1.29 bits per heavy atom. The van der Waals surface area contributed by atoms with E-state index in [9.17, 15) is 14.7 Å². The Kier molecular flexibility index (Phi) is 6.01. The Balaban J connectivity index is 2.51. The van der Waals surface area contributed by atoms with E-state index in [1.165, 1.54) is 0 Å². The van der Waals surface area contributed by atoms with Gasteiger partial charge >= 0.3 is 12.1 Å². The van der Waals surface area contributed by atoms with Crippen molar-refractivity contribution in [3.8, 4) is 0 Å². The van der Waals surface area contributed by atoms with Gasteiger partial charge in [-0.2, -0.15) is 0 Å². The lowest BCUT2D eigenvalue weighted by atomic mass is 9.86. The molecule has 6 heteroatoms. The first-order chi connectivity index (χ1) is 9.68. The molecule has 122 valence electrons. The fraction of sp³-hybridized carbons (Fsp3) is 0.867. The molecular formula is C15H27NO5. The topological polar surface area (TPSA) is 84.9 Å². The number of rotatable bonds is 8. The molecule has 1 rings (SSSR count). The van der Waals surface area contributed by atoms with Gasteiger partial charge in [-0.05, 0) is 46.0 Å². The lowest BCUT2D eigenvalue weighted by Crippen LogP contribution is -2.47. The average molecular weight is 301 g/mol. The molecule has 0 aromatic carbocycles. The van der Waals surface area contributed by atoms with Crippen LogP contribution in [0.5, 0.6) is 0 Å². The Morgan fingerprint density at radius 3 is 2.33 bits per heavy atom. The van der Waals surface area contributed by atoms with E-state index in [0.29, 0.717) is 18.9 Å². The Hall–Kier alpha value is -1.30. The number of hydrogen-bond donors (Lipinski definition) is 2. The van der Waals surface area contributed by atoms with Crippen molar-refractivity contribution in [3.63, 3.8) is 0 Å². The van der Waals surface area contributed by atoms with Crippen LogP contribution in [0.2, 0.25) is 0 Å². The van der Waals surface area contributed by atoms with Gasteiger partial charge < -0.3 is 19.9 Å². The van der Waals surface area contributed by atoms with E-state index < -0.39 is 23.1 Å². The van der Waals surface area contributed by atoms with Crippen LogP contribution in [0.1, 0.15) is 47.0 Å². The Morgan fingerprint density at radius 2 is 1.90 bits per heavy atom. The monoisotopic (exact) mass is 301 g/mol. The van der Waals surface area contributed by atoms with Crippen LogP contribution in [-0.2, 0) is 14.3 Å². The first-order valence-corrected chi connectivity index (χ1v) is 7.46. The lowest BCUT2D eigenvalue weighted by molar-refractivity contribution is -0.153. The molecule has 1 amide bonds. The van der Waals surface area contributed by atoms with Crippen LogP contribution >= 0.6 is 0 Å². The average Bonchev–Trinajstić information content (AvgIpc) is 3.15. The molecule has 0 spiro atoms. The van der Waals surface area contributed by atoms with Crippen molar-refractivity contribution >= 4 is 12.1 Å². The molecular weight excluding hydrogens is 274 g/mol. The molecule has 0 bridgehead atoms. The number of aliphatic carboxylic acids is 1. The maximum absolute atomic E-state index is 11.7. The minimum Gasteiger partial charge on any atom is -0.481 e. The summed E-state index contributed by atoms with van der Waals surface area (Å²) in [4.78, 5) is 23.2. The molecule has 0 aromatic rings. The molecule has 0 heterocycles. The normalized spacial score (nSPS) is 17.9. The summed E-state index contributed by atoms with van der Waals surface area (Å²) in [6, 6.07) is 0. The maximum Gasteiger partial charge on any atom is 0.407 e. The van der Waals surface area contributed by atoms with Crippen molar-refractivity contribution in [2.24, 2.45) is 11.3 Å². The number of alkyl carbamates (subject to hydrolysis) is 1. The molecule has 2 N–H and O–H groups in total. The first-order valence-electron chi connectivity index (χ1n) is 7.46. The molecule has 0 radical (unpaired) electrons. The smallest absolute Gasteiger partial charge is 0.407 e. The fourth-order valence-corrected chi connectivity index (χ4v) is 1.83. The molecule has 1 unspecified atom stereocenters. The molecule has 1 saturated carbocycles. The SMILES string of the molecule is CCC(CNC(=O)OC(C)(C)C)(COCC1CC1)C(=O)O. The number of carbonyl (C=O) groups excluding carboxylic acids is 1. The van der Waals surface area contributed by atoms with Crippen molar-refractivity contribution in [1.82, 2.24) is 5.32 Å². The minimum absolute atomic E-state index is 0.00157. The van der Waals surface area contributed by atoms with Crippen LogP contribution < -0.4 is 5.32 Å². The molecule has 6 nitrogen and oxygen atoms in total. The van der Waals surface area contributed by atoms with Crippen molar-refractivity contribution < 1.29 is 24.2 Å². The van der Waals surface area contributed by atoms with Gasteiger partial charge in [0.25, 0.3) is 0 Å². The summed E-state index contributed by atoms with van der Waals surface area (Å²) >= 11 is 0. The Bertz CT molecular complexity index is 373. The highest BCUT2D eigenvalue weighted by molar-refractivity contribution is 5.76. The van der Waals surface area contributed by atoms with Gasteiger partial charge in [0, 0.05) is 13.2 Å². The number of nitrogens with one attached hydrogen (secondary N) is 1. The lowest BCUT2D eigenvalue weighted by Gasteiger charge is -2.29. The predicted octanol–water partition coefficient (Wildman–Crippen LogP) is 2.42. The highest BCUT2D eigenvalue weighted by Crippen LogP contribution is 2.30. The van der Waals surface area contributed by atoms with Crippen molar-refractivity contribution in [2.75, 3.05) is 19.8 Å². The number of amides is 1. The quantitative estimate of drug-likeness (QED) is 0.719. The third kappa shape index (κ3) is 6.33. The van der Waals surface area contributed by atoms with Crippen LogP contribution in [0.4, 0.5) is 4.79 Å². The summed E-state index contributed by atoms with van der Waals surface area (Å²) in [5, 5.41) is 12.0. The van der Waals surface area contributed by atoms with Gasteiger partial charge in [-0.25, -0.2) is 4.79 Å². The number of hydrogen-bond acceptors (Lipinski definition) is 4. The standard InChI is InChI=1S/C15H27NO5/c1-5-15(12(17)18,10-20-8-11-6-7-11)9-16-13(19)21-14(2,3)4/h11H,5-10H2,1-4H3,(H,16,19)(H,17,18). The number of carbonyl (C=O) groups is 2. The second-order valence-electron chi connectivity index (χ2n) is 6.75. The van der Waals surface area contributed by atoms with E-state index in [1.54, 1.807) is 27.7 Å². The highest BCUT2D eigenvalue weighted by Gasteiger charge is 2.38. The zero-order valence-electron chi connectivity index (χ0n) is 13.4. The maximum atomic E-state index is 11.7. The molecule has 1 aliphatic carbocycles. The van der Waals surface area contributed by atoms with E-state index in [4.69, 9.17) is 9.47 Å². The van der Waals surface area contributed by atoms with Gasteiger partial charge in [0.2, 0.25) is 0 Å². The summed E-state index contributed by atoms with van der Waals surface area (Å²) in [6.45, 7) is 7.76. The summed E-state index contributed by atoms with van der Waals surface area (Å²) in [6.07, 6.45) is 2.08. The van der Waals surface area contributed by atoms with E-state index in [-0.39, 0.29) is 13.2 Å². The summed E-state index contributed by atoms with van der Waals surface area (Å²) in [7, 11) is 0. The first kappa shape index (κ1) is 17.8. The van der Waals surface area contributed by atoms with Crippen LogP contribution in [-0.4, -0.2) is 42.5 Å². The molecule has 0 saturated heterocycles. The summed E-state index contributed by atoms with van der Waals surface area (Å²) in [5.74, 6) is -0.385. The van der Waals surface area contributed by atoms with E-state index >= 15 is 0 Å². The zero-order chi connectivity index (χ0) is 16.1. The second kappa shape index (κ2) is 7.11. The molecule has 1 atom stereocenters. The van der Waals surface area contributed by atoms with Crippen LogP contribution in [0, 0.1) is 11.3 Å². The number of carboxylic acid groups (broad SMARTS) is 1. The van der Waals surface area contributed by atoms with E-state index in [1.807, 2.05) is 0 Å². The summed E-state index contributed by atoms with van der Waals surface area (Å²) < 4.78 is 10.7. The van der Waals surface area contributed by atoms with Crippen molar-refractivity contribution in [3.05, 3.63) is 0 Å². The van der Waals surface area contributed by atoms with Crippen molar-refractivity contribution in [2.45, 2.75) is 52.6 Å². The largest absolute Gasteiger partial charge is 0.481 e. The number of ether oxygens (including phenoxy) is 2.